The van der Waals surface area contributed by atoms with E-state index in [2.05, 4.69) is 70.1 Å². The minimum Gasteiger partial charge on any atom is -0.372 e. The second kappa shape index (κ2) is 15.1. The first kappa shape index (κ1) is 31.4. The quantitative estimate of drug-likeness (QED) is 0.168. The van der Waals surface area contributed by atoms with Crippen molar-refractivity contribution in [3.05, 3.63) is 119 Å². The summed E-state index contributed by atoms with van der Waals surface area (Å²) < 4.78 is 2.11. The Morgan fingerprint density at radius 1 is 0.795 bits per heavy atom. The number of anilines is 3. The lowest BCUT2D eigenvalue weighted by Gasteiger charge is -2.29. The highest BCUT2D eigenvalue weighted by molar-refractivity contribution is 7.97. The van der Waals surface area contributed by atoms with Crippen molar-refractivity contribution in [2.45, 2.75) is 50.8 Å². The molecule has 2 N–H and O–H groups in total. The summed E-state index contributed by atoms with van der Waals surface area (Å²) in [5, 5.41) is 6.09. The monoisotopic (exact) mass is 606 g/mol. The van der Waals surface area contributed by atoms with Crippen LogP contribution in [0.2, 0.25) is 0 Å². The van der Waals surface area contributed by atoms with Crippen molar-refractivity contribution in [3.8, 4) is 0 Å². The zero-order valence-electron chi connectivity index (χ0n) is 25.9. The molecule has 7 heteroatoms. The number of carbonyl (C=O) groups is 2. The predicted molar refractivity (Wildman–Crippen MR) is 184 cm³/mol. The Morgan fingerprint density at radius 3 is 2.16 bits per heavy atom. The Balaban J connectivity index is 1.32. The van der Waals surface area contributed by atoms with E-state index >= 15 is 0 Å². The van der Waals surface area contributed by atoms with Crippen LogP contribution in [0.1, 0.15) is 63.6 Å². The SMILES string of the molecule is CCN(C)Sc1cccc(C(=O)Nc2ccc(N3CCCCC3)cc2C(=O)Nc2ccc(CCc3ccc(C)cc3)cc2)c1. The summed E-state index contributed by atoms with van der Waals surface area (Å²) in [4.78, 5) is 30.4. The molecule has 0 aliphatic carbocycles. The molecule has 4 aromatic carbocycles. The third-order valence-electron chi connectivity index (χ3n) is 8.05. The highest BCUT2D eigenvalue weighted by Crippen LogP contribution is 2.28. The summed E-state index contributed by atoms with van der Waals surface area (Å²) >= 11 is 1.60. The molecule has 0 atom stereocenters. The lowest BCUT2D eigenvalue weighted by Crippen LogP contribution is -2.29. The standard InChI is InChI=1S/C37H42N4O2S/c1-4-40(3)44-33-10-8-9-30(25-33)36(42)39-35-22-21-32(41-23-6-5-7-24-41)26-34(35)37(43)38-31-19-17-29(18-20-31)16-15-28-13-11-27(2)12-14-28/h8-14,17-22,25-26H,4-7,15-16,23-24H2,1-3H3,(H,38,43)(H,39,42). The average molecular weight is 607 g/mol. The largest absolute Gasteiger partial charge is 0.372 e. The van der Waals surface area contributed by atoms with Gasteiger partial charge < -0.3 is 15.5 Å². The molecule has 228 valence electrons. The molecule has 0 aromatic heterocycles. The van der Waals surface area contributed by atoms with E-state index in [1.165, 1.54) is 23.1 Å². The van der Waals surface area contributed by atoms with Crippen LogP contribution in [0.3, 0.4) is 0 Å². The van der Waals surface area contributed by atoms with Crippen LogP contribution in [0.25, 0.3) is 0 Å². The molecule has 1 aliphatic rings. The van der Waals surface area contributed by atoms with Crippen LogP contribution < -0.4 is 15.5 Å². The molecular weight excluding hydrogens is 565 g/mol. The average Bonchev–Trinajstić information content (AvgIpc) is 3.05. The maximum absolute atomic E-state index is 13.7. The van der Waals surface area contributed by atoms with Crippen LogP contribution in [0.4, 0.5) is 17.1 Å². The van der Waals surface area contributed by atoms with Crippen LogP contribution in [0, 0.1) is 6.92 Å². The maximum atomic E-state index is 13.7. The first-order chi connectivity index (χ1) is 21.4. The van der Waals surface area contributed by atoms with Gasteiger partial charge in [0.2, 0.25) is 0 Å². The van der Waals surface area contributed by atoms with Crippen molar-refractivity contribution in [2.75, 3.05) is 42.2 Å². The number of carbonyl (C=O) groups excluding carboxylic acids is 2. The summed E-state index contributed by atoms with van der Waals surface area (Å²) in [6.07, 6.45) is 5.40. The number of hydrogen-bond donors (Lipinski definition) is 2. The van der Waals surface area contributed by atoms with Crippen molar-refractivity contribution in [2.24, 2.45) is 0 Å². The molecule has 0 bridgehead atoms. The van der Waals surface area contributed by atoms with E-state index in [1.54, 1.807) is 18.0 Å². The first-order valence-corrected chi connectivity index (χ1v) is 16.3. The van der Waals surface area contributed by atoms with Gasteiger partial charge >= 0.3 is 0 Å². The van der Waals surface area contributed by atoms with Crippen LogP contribution >= 0.6 is 11.9 Å². The fraction of sp³-hybridized carbons (Fsp3) is 0.297. The van der Waals surface area contributed by atoms with Gasteiger partial charge in [-0.1, -0.05) is 55.0 Å². The van der Waals surface area contributed by atoms with E-state index in [9.17, 15) is 9.59 Å². The summed E-state index contributed by atoms with van der Waals surface area (Å²) in [6, 6.07) is 30.0. The number of amides is 2. The van der Waals surface area contributed by atoms with Gasteiger partial charge in [-0.25, -0.2) is 4.31 Å². The maximum Gasteiger partial charge on any atom is 0.257 e. The molecule has 6 nitrogen and oxygen atoms in total. The number of rotatable bonds is 11. The Kier molecular flexibility index (Phi) is 10.8. The molecule has 0 radical (unpaired) electrons. The molecule has 0 unspecified atom stereocenters. The highest BCUT2D eigenvalue weighted by atomic mass is 32.2. The van der Waals surface area contributed by atoms with Gasteiger partial charge in [-0.3, -0.25) is 9.59 Å². The van der Waals surface area contributed by atoms with E-state index in [0.717, 1.165) is 61.6 Å². The number of nitrogens with zero attached hydrogens (tertiary/aromatic N) is 2. The molecule has 44 heavy (non-hydrogen) atoms. The van der Waals surface area contributed by atoms with E-state index < -0.39 is 0 Å². The van der Waals surface area contributed by atoms with Crippen LogP contribution in [0.15, 0.2) is 95.9 Å². The van der Waals surface area contributed by atoms with Crippen molar-refractivity contribution >= 4 is 40.8 Å². The molecular formula is C37H42N4O2S. The normalized spacial score (nSPS) is 13.1. The molecule has 5 rings (SSSR count). The topological polar surface area (TPSA) is 64.7 Å². The molecule has 2 amide bonds. The minimum absolute atomic E-state index is 0.246. The van der Waals surface area contributed by atoms with E-state index in [0.29, 0.717) is 16.8 Å². The molecule has 0 spiro atoms. The second-order valence-electron chi connectivity index (χ2n) is 11.4. The highest BCUT2D eigenvalue weighted by Gasteiger charge is 2.19. The van der Waals surface area contributed by atoms with Gasteiger partial charge in [0.25, 0.3) is 11.8 Å². The summed E-state index contributed by atoms with van der Waals surface area (Å²) in [5.41, 5.74) is 7.01. The van der Waals surface area contributed by atoms with E-state index in [1.807, 2.05) is 55.6 Å². The minimum atomic E-state index is -0.250. The third-order valence-corrected chi connectivity index (χ3v) is 9.09. The van der Waals surface area contributed by atoms with Gasteiger partial charge in [0.05, 0.1) is 11.3 Å². The number of benzene rings is 4. The van der Waals surface area contributed by atoms with Gasteiger partial charge in [0, 0.05) is 41.5 Å². The smallest absolute Gasteiger partial charge is 0.257 e. The first-order valence-electron chi connectivity index (χ1n) is 15.5. The fourth-order valence-corrected chi connectivity index (χ4v) is 6.12. The van der Waals surface area contributed by atoms with Crippen molar-refractivity contribution < 1.29 is 9.59 Å². The zero-order valence-corrected chi connectivity index (χ0v) is 26.8. The fourth-order valence-electron chi connectivity index (χ4n) is 5.31. The number of hydrogen-bond acceptors (Lipinski definition) is 5. The molecule has 1 heterocycles. The van der Waals surface area contributed by atoms with Crippen molar-refractivity contribution in [1.29, 1.82) is 0 Å². The van der Waals surface area contributed by atoms with E-state index in [4.69, 9.17) is 0 Å². The van der Waals surface area contributed by atoms with Crippen LogP contribution in [-0.2, 0) is 12.8 Å². The molecule has 4 aromatic rings. The van der Waals surface area contributed by atoms with Crippen LogP contribution in [0.5, 0.6) is 0 Å². The van der Waals surface area contributed by atoms with Crippen molar-refractivity contribution in [1.82, 2.24) is 4.31 Å². The Morgan fingerprint density at radius 2 is 1.48 bits per heavy atom. The van der Waals surface area contributed by atoms with Gasteiger partial charge in [-0.15, -0.1) is 0 Å². The zero-order chi connectivity index (χ0) is 30.9. The Hall–Kier alpha value is -4.07. The Labute approximate surface area is 266 Å². The van der Waals surface area contributed by atoms with Gasteiger partial charge in [-0.2, -0.15) is 0 Å². The lowest BCUT2D eigenvalue weighted by molar-refractivity contribution is 0.102. The summed E-state index contributed by atoms with van der Waals surface area (Å²) in [6.45, 7) is 7.01. The summed E-state index contributed by atoms with van der Waals surface area (Å²) in [7, 11) is 2.02. The summed E-state index contributed by atoms with van der Waals surface area (Å²) in [5.74, 6) is -0.496. The number of nitrogens with one attached hydrogen (secondary N) is 2. The third kappa shape index (κ3) is 8.52. The predicted octanol–water partition coefficient (Wildman–Crippen LogP) is 8.23. The van der Waals surface area contributed by atoms with Gasteiger partial charge in [0.15, 0.2) is 0 Å². The van der Waals surface area contributed by atoms with Crippen LogP contribution in [-0.4, -0.2) is 42.8 Å². The second-order valence-corrected chi connectivity index (χ2v) is 12.7. The molecule has 0 saturated carbocycles. The molecule has 1 saturated heterocycles. The Bertz CT molecular complexity index is 1560. The number of piperidine rings is 1. The van der Waals surface area contributed by atoms with E-state index in [-0.39, 0.29) is 11.8 Å². The number of aryl methyl sites for hydroxylation is 3. The molecule has 1 aliphatic heterocycles. The van der Waals surface area contributed by atoms with Gasteiger partial charge in [0.1, 0.15) is 0 Å². The van der Waals surface area contributed by atoms with Gasteiger partial charge in [-0.05, 0) is 118 Å². The van der Waals surface area contributed by atoms with Crippen molar-refractivity contribution in [3.63, 3.8) is 0 Å². The lowest BCUT2D eigenvalue weighted by atomic mass is 10.0. The molecule has 1 fully saturated rings.